The summed E-state index contributed by atoms with van der Waals surface area (Å²) < 4.78 is 24.8. The normalized spacial score (nSPS) is 10.9. The van der Waals surface area contributed by atoms with Crippen molar-refractivity contribution in [3.63, 3.8) is 0 Å². The number of thioether (sulfide) groups is 1. The number of hydrogen-bond acceptors (Lipinski definition) is 2. The van der Waals surface area contributed by atoms with E-state index in [1.54, 1.807) is 23.9 Å². The predicted molar refractivity (Wildman–Crippen MR) is 80.3 cm³/mol. The molecule has 0 amide bonds. The Bertz CT molecular complexity index is 500. The van der Waals surface area contributed by atoms with Crippen molar-refractivity contribution in [1.29, 1.82) is 0 Å². The smallest absolute Gasteiger partial charge is 0.263 e. The fraction of sp³-hybridized carbons (Fsp3) is 0.250. The SMILES string of the molecule is FC(F)c1ccc(CNCCSc2ccccc2)cc1. The van der Waals surface area contributed by atoms with Gasteiger partial charge in [0, 0.05) is 29.3 Å². The fourth-order valence-corrected chi connectivity index (χ4v) is 2.60. The lowest BCUT2D eigenvalue weighted by Crippen LogP contribution is -2.16. The van der Waals surface area contributed by atoms with Crippen molar-refractivity contribution in [3.05, 3.63) is 65.7 Å². The summed E-state index contributed by atoms with van der Waals surface area (Å²) in [6.07, 6.45) is -2.39. The van der Waals surface area contributed by atoms with E-state index in [1.165, 1.54) is 17.0 Å². The number of hydrogen-bond donors (Lipinski definition) is 1. The van der Waals surface area contributed by atoms with Crippen molar-refractivity contribution >= 4 is 11.8 Å². The fourth-order valence-electron chi connectivity index (χ4n) is 1.77. The van der Waals surface area contributed by atoms with Gasteiger partial charge in [0.25, 0.3) is 6.43 Å². The van der Waals surface area contributed by atoms with E-state index >= 15 is 0 Å². The molecule has 4 heteroatoms. The van der Waals surface area contributed by atoms with E-state index < -0.39 is 6.43 Å². The molecule has 0 atom stereocenters. The molecule has 0 spiro atoms. The minimum Gasteiger partial charge on any atom is -0.312 e. The van der Waals surface area contributed by atoms with Gasteiger partial charge in [-0.1, -0.05) is 42.5 Å². The third-order valence-electron chi connectivity index (χ3n) is 2.85. The number of halogens is 2. The van der Waals surface area contributed by atoms with Crippen LogP contribution in [0.25, 0.3) is 0 Å². The van der Waals surface area contributed by atoms with E-state index in [1.807, 2.05) is 18.2 Å². The van der Waals surface area contributed by atoms with Crippen LogP contribution in [0.5, 0.6) is 0 Å². The van der Waals surface area contributed by atoms with Gasteiger partial charge in [0.15, 0.2) is 0 Å². The Morgan fingerprint density at radius 1 is 0.950 bits per heavy atom. The van der Waals surface area contributed by atoms with Gasteiger partial charge in [-0.25, -0.2) is 8.78 Å². The van der Waals surface area contributed by atoms with Crippen LogP contribution in [0.4, 0.5) is 8.78 Å². The molecular formula is C16H17F2NS. The molecule has 0 unspecified atom stereocenters. The van der Waals surface area contributed by atoms with Crippen molar-refractivity contribution in [3.8, 4) is 0 Å². The molecule has 0 heterocycles. The molecule has 106 valence electrons. The zero-order chi connectivity index (χ0) is 14.2. The van der Waals surface area contributed by atoms with Gasteiger partial charge in [-0.05, 0) is 17.7 Å². The molecule has 0 saturated heterocycles. The largest absolute Gasteiger partial charge is 0.312 e. The van der Waals surface area contributed by atoms with Crippen LogP contribution >= 0.6 is 11.8 Å². The van der Waals surface area contributed by atoms with Gasteiger partial charge >= 0.3 is 0 Å². The van der Waals surface area contributed by atoms with Gasteiger partial charge in [-0.2, -0.15) is 0 Å². The highest BCUT2D eigenvalue weighted by Crippen LogP contribution is 2.19. The lowest BCUT2D eigenvalue weighted by atomic mass is 10.1. The predicted octanol–water partition coefficient (Wildman–Crippen LogP) is 4.51. The van der Waals surface area contributed by atoms with E-state index in [0.717, 1.165) is 17.9 Å². The van der Waals surface area contributed by atoms with Crippen LogP contribution in [0.1, 0.15) is 17.6 Å². The van der Waals surface area contributed by atoms with Crippen molar-refractivity contribution < 1.29 is 8.78 Å². The van der Waals surface area contributed by atoms with Gasteiger partial charge in [0.05, 0.1) is 0 Å². The molecular weight excluding hydrogens is 276 g/mol. The number of benzene rings is 2. The molecule has 0 fully saturated rings. The summed E-state index contributed by atoms with van der Waals surface area (Å²) in [6.45, 7) is 1.59. The molecule has 0 aliphatic heterocycles. The molecule has 0 aromatic heterocycles. The lowest BCUT2D eigenvalue weighted by molar-refractivity contribution is 0.151. The number of rotatable bonds is 7. The molecule has 20 heavy (non-hydrogen) atoms. The highest BCUT2D eigenvalue weighted by Gasteiger charge is 2.05. The van der Waals surface area contributed by atoms with Gasteiger partial charge in [-0.3, -0.25) is 0 Å². The summed E-state index contributed by atoms with van der Waals surface area (Å²) in [5, 5.41) is 3.31. The monoisotopic (exact) mass is 293 g/mol. The van der Waals surface area contributed by atoms with Crippen LogP contribution in [0, 0.1) is 0 Å². The second-order valence-electron chi connectivity index (χ2n) is 4.38. The minimum atomic E-state index is -2.39. The molecule has 2 aromatic carbocycles. The molecule has 2 aromatic rings. The molecule has 1 N–H and O–H groups in total. The zero-order valence-corrected chi connectivity index (χ0v) is 11.9. The van der Waals surface area contributed by atoms with E-state index in [-0.39, 0.29) is 5.56 Å². The van der Waals surface area contributed by atoms with Crippen LogP contribution < -0.4 is 5.32 Å². The maximum absolute atomic E-state index is 12.4. The summed E-state index contributed by atoms with van der Waals surface area (Å²) in [5.74, 6) is 0.985. The topological polar surface area (TPSA) is 12.0 Å². The maximum Gasteiger partial charge on any atom is 0.263 e. The van der Waals surface area contributed by atoms with Gasteiger partial charge in [0.1, 0.15) is 0 Å². The Morgan fingerprint density at radius 2 is 1.65 bits per heavy atom. The summed E-state index contributed by atoms with van der Waals surface area (Å²) >= 11 is 1.80. The third kappa shape index (κ3) is 4.94. The Kier molecular flexibility index (Phi) is 6.02. The molecule has 0 saturated carbocycles. The van der Waals surface area contributed by atoms with Crippen molar-refractivity contribution in [2.24, 2.45) is 0 Å². The lowest BCUT2D eigenvalue weighted by Gasteiger charge is -2.06. The van der Waals surface area contributed by atoms with Crippen molar-refractivity contribution in [1.82, 2.24) is 5.32 Å². The Labute approximate surface area is 122 Å². The first kappa shape index (κ1) is 15.0. The van der Waals surface area contributed by atoms with E-state index in [9.17, 15) is 8.78 Å². The first-order valence-corrected chi connectivity index (χ1v) is 7.50. The van der Waals surface area contributed by atoms with Gasteiger partial charge < -0.3 is 5.32 Å². The second-order valence-corrected chi connectivity index (χ2v) is 5.55. The summed E-state index contributed by atoms with van der Waals surface area (Å²) in [4.78, 5) is 1.26. The van der Waals surface area contributed by atoms with Crippen LogP contribution in [0.15, 0.2) is 59.5 Å². The molecule has 0 aliphatic carbocycles. The van der Waals surface area contributed by atoms with Crippen LogP contribution in [-0.2, 0) is 6.54 Å². The van der Waals surface area contributed by atoms with Crippen molar-refractivity contribution in [2.75, 3.05) is 12.3 Å². The van der Waals surface area contributed by atoms with E-state index in [4.69, 9.17) is 0 Å². The Morgan fingerprint density at radius 3 is 2.30 bits per heavy atom. The van der Waals surface area contributed by atoms with Crippen LogP contribution in [-0.4, -0.2) is 12.3 Å². The average Bonchev–Trinajstić information content (AvgIpc) is 2.48. The van der Waals surface area contributed by atoms with Crippen LogP contribution in [0.2, 0.25) is 0 Å². The molecule has 0 bridgehead atoms. The maximum atomic E-state index is 12.4. The highest BCUT2D eigenvalue weighted by atomic mass is 32.2. The quantitative estimate of drug-likeness (QED) is 0.595. The van der Waals surface area contributed by atoms with E-state index in [2.05, 4.69) is 17.4 Å². The van der Waals surface area contributed by atoms with E-state index in [0.29, 0.717) is 6.54 Å². The molecule has 0 aliphatic rings. The molecule has 0 radical (unpaired) electrons. The minimum absolute atomic E-state index is 0.0772. The second kappa shape index (κ2) is 8.02. The summed E-state index contributed by atoms with van der Waals surface area (Å²) in [6, 6.07) is 16.7. The molecule has 1 nitrogen and oxygen atoms in total. The van der Waals surface area contributed by atoms with Crippen LogP contribution in [0.3, 0.4) is 0 Å². The standard InChI is InChI=1S/C16H17F2NS/c17-16(18)14-8-6-13(7-9-14)12-19-10-11-20-15-4-2-1-3-5-15/h1-9,16,19H,10-12H2. The van der Waals surface area contributed by atoms with Crippen molar-refractivity contribution in [2.45, 2.75) is 17.9 Å². The zero-order valence-electron chi connectivity index (χ0n) is 11.1. The van der Waals surface area contributed by atoms with Gasteiger partial charge in [0.2, 0.25) is 0 Å². The summed E-state index contributed by atoms with van der Waals surface area (Å²) in [7, 11) is 0. The Hall–Kier alpha value is -1.39. The number of nitrogens with one attached hydrogen (secondary N) is 1. The first-order chi connectivity index (χ1) is 9.75. The third-order valence-corrected chi connectivity index (χ3v) is 3.87. The number of alkyl halides is 2. The molecule has 2 rings (SSSR count). The summed E-state index contributed by atoms with van der Waals surface area (Å²) in [5.41, 5.74) is 1.10. The first-order valence-electron chi connectivity index (χ1n) is 6.51. The average molecular weight is 293 g/mol. The highest BCUT2D eigenvalue weighted by molar-refractivity contribution is 7.99. The Balaban J connectivity index is 1.66. The van der Waals surface area contributed by atoms with Gasteiger partial charge in [-0.15, -0.1) is 11.8 Å².